The number of thiophene rings is 1. The average Bonchev–Trinajstić information content (AvgIpc) is 3.27. The van der Waals surface area contributed by atoms with Crippen molar-refractivity contribution in [1.29, 1.82) is 0 Å². The number of aromatic nitrogens is 2. The summed E-state index contributed by atoms with van der Waals surface area (Å²) in [6.45, 7) is 2.71. The molecule has 1 aliphatic rings. The van der Waals surface area contributed by atoms with Crippen molar-refractivity contribution in [2.75, 3.05) is 13.7 Å². The van der Waals surface area contributed by atoms with Crippen LogP contribution in [0.1, 0.15) is 32.6 Å². The Hall–Kier alpha value is -2.87. The molecule has 1 amide bonds. The highest BCUT2D eigenvalue weighted by atomic mass is 32.1. The highest BCUT2D eigenvalue weighted by Gasteiger charge is 2.27. The van der Waals surface area contributed by atoms with Gasteiger partial charge in [0.15, 0.2) is 0 Å². The van der Waals surface area contributed by atoms with Crippen LogP contribution in [-0.2, 0) is 11.3 Å². The topological polar surface area (TPSA) is 73.5 Å². The fraction of sp³-hybridized carbons (Fsp3) is 0.409. The zero-order valence-electron chi connectivity index (χ0n) is 17.2. The van der Waals surface area contributed by atoms with Gasteiger partial charge in [0.1, 0.15) is 17.0 Å². The van der Waals surface area contributed by atoms with Gasteiger partial charge in [-0.05, 0) is 49.3 Å². The van der Waals surface area contributed by atoms with Gasteiger partial charge in [0.25, 0.3) is 5.56 Å². The molecule has 158 valence electrons. The van der Waals surface area contributed by atoms with Crippen LogP contribution in [0.3, 0.4) is 0 Å². The smallest absolute Gasteiger partial charge is 0.336 e. The number of hydrogen-bond acceptors (Lipinski definition) is 5. The summed E-state index contributed by atoms with van der Waals surface area (Å²) in [6.07, 6.45) is 3.99. The third-order valence-electron chi connectivity index (χ3n) is 5.79. The number of nitrogens with zero attached hydrogens (tertiary/aromatic N) is 3. The molecule has 8 heteroatoms. The minimum Gasteiger partial charge on any atom is -0.495 e. The Bertz CT molecular complexity index is 1190. The lowest BCUT2D eigenvalue weighted by atomic mass is 10.00. The number of methoxy groups -OCH3 is 1. The Labute approximate surface area is 178 Å². The van der Waals surface area contributed by atoms with Gasteiger partial charge in [0.05, 0.1) is 18.3 Å². The molecule has 3 heterocycles. The third kappa shape index (κ3) is 3.45. The first-order chi connectivity index (χ1) is 14.6. The molecule has 4 rings (SSSR count). The average molecular weight is 428 g/mol. The van der Waals surface area contributed by atoms with E-state index >= 15 is 0 Å². The van der Waals surface area contributed by atoms with Gasteiger partial charge in [-0.15, -0.1) is 11.3 Å². The number of fused-ring (bicyclic) bond motifs is 1. The molecular weight excluding hydrogens is 402 g/mol. The summed E-state index contributed by atoms with van der Waals surface area (Å²) in [5.74, 6) is 0.342. The molecule has 1 aliphatic heterocycles. The molecule has 7 nitrogen and oxygen atoms in total. The molecule has 0 spiro atoms. The van der Waals surface area contributed by atoms with Gasteiger partial charge < -0.3 is 9.64 Å². The van der Waals surface area contributed by atoms with Crippen molar-refractivity contribution in [2.45, 2.75) is 45.2 Å². The Morgan fingerprint density at radius 1 is 1.20 bits per heavy atom. The van der Waals surface area contributed by atoms with Gasteiger partial charge in [0.2, 0.25) is 5.91 Å². The lowest BCUT2D eigenvalue weighted by Crippen LogP contribution is -2.47. The van der Waals surface area contributed by atoms with Gasteiger partial charge in [-0.3, -0.25) is 14.2 Å². The lowest BCUT2D eigenvalue weighted by molar-refractivity contribution is -0.135. The second-order valence-corrected chi connectivity index (χ2v) is 8.38. The van der Waals surface area contributed by atoms with Crippen LogP contribution >= 0.6 is 11.3 Å². The molecule has 2 aromatic heterocycles. The van der Waals surface area contributed by atoms with E-state index in [2.05, 4.69) is 6.92 Å². The van der Waals surface area contributed by atoms with E-state index < -0.39 is 11.2 Å². The zero-order valence-corrected chi connectivity index (χ0v) is 18.0. The molecule has 0 bridgehead atoms. The van der Waals surface area contributed by atoms with Crippen LogP contribution in [0.4, 0.5) is 0 Å². The van der Waals surface area contributed by atoms with Crippen LogP contribution in [-0.4, -0.2) is 39.6 Å². The number of ether oxygens (including phenoxy) is 1. The maximum Gasteiger partial charge on any atom is 0.336 e. The van der Waals surface area contributed by atoms with Gasteiger partial charge >= 0.3 is 5.69 Å². The molecule has 30 heavy (non-hydrogen) atoms. The van der Waals surface area contributed by atoms with E-state index in [1.165, 1.54) is 23.0 Å². The van der Waals surface area contributed by atoms with E-state index in [9.17, 15) is 14.4 Å². The van der Waals surface area contributed by atoms with Crippen LogP contribution in [0.15, 0.2) is 45.3 Å². The van der Waals surface area contributed by atoms with Crippen LogP contribution < -0.4 is 16.0 Å². The van der Waals surface area contributed by atoms with E-state index in [4.69, 9.17) is 4.74 Å². The van der Waals surface area contributed by atoms with Gasteiger partial charge in [-0.25, -0.2) is 9.36 Å². The molecule has 1 saturated heterocycles. The quantitative estimate of drug-likeness (QED) is 0.627. The first kappa shape index (κ1) is 20.4. The summed E-state index contributed by atoms with van der Waals surface area (Å²) < 4.78 is 8.34. The zero-order chi connectivity index (χ0) is 21.3. The van der Waals surface area contributed by atoms with Gasteiger partial charge in [0, 0.05) is 12.6 Å². The second-order valence-electron chi connectivity index (χ2n) is 7.46. The number of carbonyl (C=O) groups excluding carboxylic acids is 1. The first-order valence-electron chi connectivity index (χ1n) is 10.2. The Balaban J connectivity index is 1.85. The number of carbonyl (C=O) groups is 1. The molecular formula is C22H25N3O4S. The molecule has 1 unspecified atom stereocenters. The summed E-state index contributed by atoms with van der Waals surface area (Å²) in [6, 6.07) is 8.84. The predicted octanol–water partition coefficient (Wildman–Crippen LogP) is 3.01. The SMILES string of the molecule is CCC1CCCCN1C(=O)Cn1c(=O)n(-c2ccccc2OC)c(=O)c2sccc21. The first-order valence-corrected chi connectivity index (χ1v) is 11.1. The highest BCUT2D eigenvalue weighted by molar-refractivity contribution is 7.17. The van der Waals surface area contributed by atoms with Gasteiger partial charge in [-0.1, -0.05) is 19.1 Å². The van der Waals surface area contributed by atoms with Crippen molar-refractivity contribution in [1.82, 2.24) is 14.0 Å². The maximum absolute atomic E-state index is 13.4. The number of benzene rings is 1. The van der Waals surface area contributed by atoms with Crippen molar-refractivity contribution in [3.8, 4) is 11.4 Å². The van der Waals surface area contributed by atoms with Gasteiger partial charge in [-0.2, -0.15) is 0 Å². The summed E-state index contributed by atoms with van der Waals surface area (Å²) in [5, 5.41) is 1.77. The number of rotatable bonds is 5. The molecule has 0 aliphatic carbocycles. The normalized spacial score (nSPS) is 16.7. The summed E-state index contributed by atoms with van der Waals surface area (Å²) >= 11 is 1.27. The number of likely N-dealkylation sites (tertiary alicyclic amines) is 1. The molecule has 1 fully saturated rings. The fourth-order valence-electron chi connectivity index (χ4n) is 4.25. The molecule has 3 aromatic rings. The highest BCUT2D eigenvalue weighted by Crippen LogP contribution is 2.23. The maximum atomic E-state index is 13.4. The van der Waals surface area contributed by atoms with E-state index in [-0.39, 0.29) is 18.5 Å². The van der Waals surface area contributed by atoms with Crippen molar-refractivity contribution < 1.29 is 9.53 Å². The van der Waals surface area contributed by atoms with Crippen LogP contribution in [0.2, 0.25) is 0 Å². The van der Waals surface area contributed by atoms with Crippen LogP contribution in [0.25, 0.3) is 15.9 Å². The lowest BCUT2D eigenvalue weighted by Gasteiger charge is -2.35. The number of hydrogen-bond donors (Lipinski definition) is 0. The Morgan fingerprint density at radius 2 is 2.00 bits per heavy atom. The van der Waals surface area contributed by atoms with E-state index in [1.807, 2.05) is 4.90 Å². The Kier molecular flexibility index (Phi) is 5.76. The molecule has 1 aromatic carbocycles. The summed E-state index contributed by atoms with van der Waals surface area (Å²) in [7, 11) is 1.50. The Morgan fingerprint density at radius 3 is 2.77 bits per heavy atom. The number of amides is 1. The number of para-hydroxylation sites is 2. The van der Waals surface area contributed by atoms with E-state index in [0.29, 0.717) is 28.2 Å². The van der Waals surface area contributed by atoms with E-state index in [1.54, 1.807) is 35.7 Å². The van der Waals surface area contributed by atoms with Crippen molar-refractivity contribution >= 4 is 27.5 Å². The molecule has 0 N–H and O–H groups in total. The fourth-order valence-corrected chi connectivity index (χ4v) is 5.07. The molecule has 0 saturated carbocycles. The molecule has 0 radical (unpaired) electrons. The third-order valence-corrected chi connectivity index (χ3v) is 6.68. The monoisotopic (exact) mass is 427 g/mol. The standard InChI is InChI=1S/C22H25N3O4S/c1-3-15-8-6-7-12-23(15)19(26)14-24-17-11-13-30-20(17)21(27)25(22(24)28)16-9-4-5-10-18(16)29-2/h4-5,9-11,13,15H,3,6-8,12,14H2,1-2H3. The van der Waals surface area contributed by atoms with Crippen molar-refractivity contribution in [2.24, 2.45) is 0 Å². The van der Waals surface area contributed by atoms with Crippen LogP contribution in [0, 0.1) is 0 Å². The second kappa shape index (κ2) is 8.47. The largest absolute Gasteiger partial charge is 0.495 e. The van der Waals surface area contributed by atoms with Crippen molar-refractivity contribution in [3.05, 3.63) is 56.5 Å². The summed E-state index contributed by atoms with van der Waals surface area (Å²) in [5.41, 5.74) is -0.0631. The minimum absolute atomic E-state index is 0.0821. The predicted molar refractivity (Wildman–Crippen MR) is 118 cm³/mol. The summed E-state index contributed by atoms with van der Waals surface area (Å²) in [4.78, 5) is 41.6. The number of piperidine rings is 1. The van der Waals surface area contributed by atoms with E-state index in [0.717, 1.165) is 30.3 Å². The van der Waals surface area contributed by atoms with Crippen molar-refractivity contribution in [3.63, 3.8) is 0 Å². The van der Waals surface area contributed by atoms with Crippen LogP contribution in [0.5, 0.6) is 5.75 Å². The minimum atomic E-state index is -0.534. The molecule has 1 atom stereocenters.